The van der Waals surface area contributed by atoms with Gasteiger partial charge < -0.3 is 15.2 Å². The smallest absolute Gasteiger partial charge is 0.306 e. The van der Waals surface area contributed by atoms with Crippen molar-refractivity contribution in [1.29, 1.82) is 5.26 Å². The fraction of sp³-hybridized carbons (Fsp3) is 0.385. The molecule has 0 radical (unpaired) electrons. The van der Waals surface area contributed by atoms with E-state index in [-0.39, 0.29) is 0 Å². The lowest BCUT2D eigenvalue weighted by atomic mass is 9.69. The topological polar surface area (TPSA) is 82.3 Å². The molecule has 0 unspecified atom stereocenters. The summed E-state index contributed by atoms with van der Waals surface area (Å²) >= 11 is 0. The first-order valence-corrected chi connectivity index (χ1v) is 5.65. The lowest BCUT2D eigenvalue weighted by Gasteiger charge is -2.41. The predicted octanol–water partition coefficient (Wildman–Crippen LogP) is 1.86. The van der Waals surface area contributed by atoms with Gasteiger partial charge in [-0.3, -0.25) is 4.79 Å². The van der Waals surface area contributed by atoms with Gasteiger partial charge in [0.05, 0.1) is 19.1 Å². The molecule has 94 valence electrons. The Morgan fingerprint density at radius 3 is 2.56 bits per heavy atom. The molecule has 1 aromatic carbocycles. The number of carboxylic acids is 1. The van der Waals surface area contributed by atoms with Crippen molar-refractivity contribution in [3.8, 4) is 11.8 Å². The van der Waals surface area contributed by atoms with Gasteiger partial charge >= 0.3 is 5.97 Å². The Morgan fingerprint density at radius 2 is 2.11 bits per heavy atom. The molecule has 0 saturated heterocycles. The van der Waals surface area contributed by atoms with Crippen LogP contribution in [0.1, 0.15) is 12.8 Å². The molecule has 0 spiro atoms. The number of benzene rings is 1. The van der Waals surface area contributed by atoms with Crippen molar-refractivity contribution in [2.75, 3.05) is 12.4 Å². The number of aliphatic carboxylic acids is 1. The van der Waals surface area contributed by atoms with Gasteiger partial charge in [-0.05, 0) is 37.1 Å². The van der Waals surface area contributed by atoms with Gasteiger partial charge in [-0.1, -0.05) is 0 Å². The molecule has 0 heterocycles. The fourth-order valence-corrected chi connectivity index (χ4v) is 2.13. The van der Waals surface area contributed by atoms with Crippen LogP contribution in [-0.2, 0) is 4.79 Å². The van der Waals surface area contributed by atoms with Crippen molar-refractivity contribution in [1.82, 2.24) is 0 Å². The molecule has 0 aromatic heterocycles. The highest BCUT2D eigenvalue weighted by molar-refractivity contribution is 5.73. The van der Waals surface area contributed by atoms with Crippen LogP contribution in [0.4, 0.5) is 5.69 Å². The third-order valence-corrected chi connectivity index (χ3v) is 3.23. The maximum absolute atomic E-state index is 10.8. The standard InChI is InChI=1S/C13H14N2O3/c1-18-11-4-2-10(3-5-11)15-13(8-14)6-9(7-13)12(16)17/h2-5,9,15H,6-7H2,1H3,(H,16,17). The van der Waals surface area contributed by atoms with Crippen LogP contribution in [0, 0.1) is 17.2 Å². The molecule has 5 heteroatoms. The first kappa shape index (κ1) is 12.2. The number of carbonyl (C=O) groups is 1. The lowest BCUT2D eigenvalue weighted by molar-refractivity contribution is -0.145. The Kier molecular flexibility index (Phi) is 3.11. The molecule has 5 nitrogen and oxygen atoms in total. The van der Waals surface area contributed by atoms with Crippen molar-refractivity contribution in [2.45, 2.75) is 18.4 Å². The van der Waals surface area contributed by atoms with Crippen LogP contribution in [0.3, 0.4) is 0 Å². The van der Waals surface area contributed by atoms with Gasteiger partial charge in [-0.2, -0.15) is 5.26 Å². The summed E-state index contributed by atoms with van der Waals surface area (Å²) in [5.41, 5.74) is 0.0404. The van der Waals surface area contributed by atoms with Crippen molar-refractivity contribution >= 4 is 11.7 Å². The monoisotopic (exact) mass is 246 g/mol. The Balaban J connectivity index is 2.04. The Labute approximate surface area is 105 Å². The van der Waals surface area contributed by atoms with Crippen LogP contribution in [0.2, 0.25) is 0 Å². The maximum atomic E-state index is 10.8. The average molecular weight is 246 g/mol. The number of hydrogen-bond acceptors (Lipinski definition) is 4. The van der Waals surface area contributed by atoms with E-state index in [1.807, 2.05) is 12.1 Å². The molecule has 18 heavy (non-hydrogen) atoms. The zero-order valence-corrected chi connectivity index (χ0v) is 10.0. The Hall–Kier alpha value is -2.22. The highest BCUT2D eigenvalue weighted by Crippen LogP contribution is 2.40. The largest absolute Gasteiger partial charge is 0.497 e. The third-order valence-electron chi connectivity index (χ3n) is 3.23. The lowest BCUT2D eigenvalue weighted by Crippen LogP contribution is -2.51. The van der Waals surface area contributed by atoms with E-state index in [4.69, 9.17) is 15.1 Å². The molecule has 1 aliphatic carbocycles. The predicted molar refractivity (Wildman–Crippen MR) is 65.3 cm³/mol. The number of nitrogens with zero attached hydrogens (tertiary/aromatic N) is 1. The number of nitrogens with one attached hydrogen (secondary N) is 1. The normalized spacial score (nSPS) is 25.7. The molecule has 2 N–H and O–H groups in total. The van der Waals surface area contributed by atoms with Crippen LogP contribution < -0.4 is 10.1 Å². The molecule has 0 amide bonds. The van der Waals surface area contributed by atoms with Crippen molar-refractivity contribution in [3.05, 3.63) is 24.3 Å². The van der Waals surface area contributed by atoms with Gasteiger partial charge in [0.1, 0.15) is 11.3 Å². The van der Waals surface area contributed by atoms with E-state index in [9.17, 15) is 4.79 Å². The average Bonchev–Trinajstić information content (AvgIpc) is 2.33. The summed E-state index contributed by atoms with van der Waals surface area (Å²) in [6, 6.07) is 9.38. The van der Waals surface area contributed by atoms with Crippen LogP contribution in [0.5, 0.6) is 5.75 Å². The second-order valence-corrected chi connectivity index (χ2v) is 4.49. The van der Waals surface area contributed by atoms with E-state index in [0.29, 0.717) is 12.8 Å². The Bertz CT molecular complexity index is 484. The summed E-state index contributed by atoms with van der Waals surface area (Å²) in [6.07, 6.45) is 0.676. The second kappa shape index (κ2) is 4.57. The maximum Gasteiger partial charge on any atom is 0.306 e. The third kappa shape index (κ3) is 2.23. The minimum atomic E-state index is -0.836. The molecule has 2 rings (SSSR count). The zero-order chi connectivity index (χ0) is 13.2. The van der Waals surface area contributed by atoms with Crippen molar-refractivity contribution in [2.24, 2.45) is 5.92 Å². The van der Waals surface area contributed by atoms with E-state index >= 15 is 0 Å². The molecular weight excluding hydrogens is 232 g/mol. The van der Waals surface area contributed by atoms with E-state index < -0.39 is 17.4 Å². The summed E-state index contributed by atoms with van der Waals surface area (Å²) in [5.74, 6) is -0.517. The van der Waals surface area contributed by atoms with Gasteiger partial charge in [0.2, 0.25) is 0 Å². The molecule has 1 saturated carbocycles. The van der Waals surface area contributed by atoms with Crippen LogP contribution >= 0.6 is 0 Å². The summed E-state index contributed by atoms with van der Waals surface area (Å²) in [6.45, 7) is 0. The van der Waals surface area contributed by atoms with Gasteiger partial charge in [-0.25, -0.2) is 0 Å². The van der Waals surface area contributed by atoms with E-state index in [0.717, 1.165) is 11.4 Å². The Morgan fingerprint density at radius 1 is 1.50 bits per heavy atom. The number of methoxy groups -OCH3 is 1. The van der Waals surface area contributed by atoms with Gasteiger partial charge in [0, 0.05) is 5.69 Å². The molecule has 1 aromatic rings. The summed E-state index contributed by atoms with van der Waals surface area (Å²) < 4.78 is 5.04. The van der Waals surface area contributed by atoms with E-state index in [1.54, 1.807) is 19.2 Å². The zero-order valence-electron chi connectivity index (χ0n) is 10.0. The summed E-state index contributed by atoms with van der Waals surface area (Å²) in [7, 11) is 1.59. The highest BCUT2D eigenvalue weighted by atomic mass is 16.5. The molecule has 0 aliphatic heterocycles. The molecule has 0 atom stereocenters. The van der Waals surface area contributed by atoms with Crippen LogP contribution in [0.15, 0.2) is 24.3 Å². The van der Waals surface area contributed by atoms with Gasteiger partial charge in [0.15, 0.2) is 0 Å². The minimum absolute atomic E-state index is 0.338. The number of rotatable bonds is 4. The van der Waals surface area contributed by atoms with Crippen LogP contribution in [0.25, 0.3) is 0 Å². The number of hydrogen-bond donors (Lipinski definition) is 2. The molecular formula is C13H14N2O3. The molecule has 1 aliphatic rings. The van der Waals surface area contributed by atoms with Gasteiger partial charge in [-0.15, -0.1) is 0 Å². The van der Waals surface area contributed by atoms with E-state index in [2.05, 4.69) is 11.4 Å². The van der Waals surface area contributed by atoms with Crippen molar-refractivity contribution < 1.29 is 14.6 Å². The number of nitriles is 1. The molecule has 1 fully saturated rings. The first-order valence-electron chi connectivity index (χ1n) is 5.65. The van der Waals surface area contributed by atoms with Crippen molar-refractivity contribution in [3.63, 3.8) is 0 Å². The second-order valence-electron chi connectivity index (χ2n) is 4.49. The first-order chi connectivity index (χ1) is 8.58. The highest BCUT2D eigenvalue weighted by Gasteiger charge is 2.48. The van der Waals surface area contributed by atoms with Crippen LogP contribution in [-0.4, -0.2) is 23.7 Å². The summed E-state index contributed by atoms with van der Waals surface area (Å²) in [4.78, 5) is 10.8. The number of anilines is 1. The van der Waals surface area contributed by atoms with E-state index in [1.165, 1.54) is 0 Å². The summed E-state index contributed by atoms with van der Waals surface area (Å²) in [5, 5.41) is 21.1. The van der Waals surface area contributed by atoms with Gasteiger partial charge in [0.25, 0.3) is 0 Å². The quantitative estimate of drug-likeness (QED) is 0.847. The SMILES string of the molecule is COc1ccc(NC2(C#N)CC(C(=O)O)C2)cc1. The number of carboxylic acid groups (broad SMARTS) is 1. The number of ether oxygens (including phenoxy) is 1. The minimum Gasteiger partial charge on any atom is -0.497 e. The molecule has 0 bridgehead atoms. The fourth-order valence-electron chi connectivity index (χ4n) is 2.13.